The number of benzene rings is 1. The second kappa shape index (κ2) is 7.37. The van der Waals surface area contributed by atoms with Gasteiger partial charge in [0.1, 0.15) is 6.07 Å². The van der Waals surface area contributed by atoms with Gasteiger partial charge in [-0.2, -0.15) is 5.26 Å². The first kappa shape index (κ1) is 15.0. The molecule has 0 spiro atoms. The molecule has 2 rings (SSSR count). The predicted molar refractivity (Wildman–Crippen MR) is 88.6 cm³/mol. The third-order valence-electron chi connectivity index (χ3n) is 3.07. The molecule has 0 bridgehead atoms. The highest BCUT2D eigenvalue weighted by molar-refractivity contribution is 7.99. The van der Waals surface area contributed by atoms with Crippen LogP contribution in [0.2, 0.25) is 0 Å². The zero-order valence-corrected chi connectivity index (χ0v) is 13.4. The van der Waals surface area contributed by atoms with E-state index in [4.69, 9.17) is 0 Å². The van der Waals surface area contributed by atoms with E-state index in [0.29, 0.717) is 0 Å². The van der Waals surface area contributed by atoms with Crippen molar-refractivity contribution >= 4 is 28.8 Å². The number of hydrogen-bond donors (Lipinski definition) is 0. The number of hydrogen-bond acceptors (Lipinski definition) is 4. The Labute approximate surface area is 129 Å². The van der Waals surface area contributed by atoms with Gasteiger partial charge in [-0.25, -0.2) is 0 Å². The highest BCUT2D eigenvalue weighted by atomic mass is 32.2. The Morgan fingerprint density at radius 1 is 1.25 bits per heavy atom. The molecular weight excluding hydrogens is 284 g/mol. The monoisotopic (exact) mass is 302 g/mol. The molecule has 0 atom stereocenters. The highest BCUT2D eigenvalue weighted by Gasteiger charge is 2.14. The molecule has 2 nitrogen and oxygen atoms in total. The molecule has 0 saturated heterocycles. The van der Waals surface area contributed by atoms with Crippen LogP contribution in [0.4, 0.5) is 5.69 Å². The van der Waals surface area contributed by atoms with Gasteiger partial charge < -0.3 is 4.90 Å². The van der Waals surface area contributed by atoms with Crippen LogP contribution in [0, 0.1) is 11.3 Å². The van der Waals surface area contributed by atoms with Crippen LogP contribution in [-0.4, -0.2) is 12.3 Å². The van der Waals surface area contributed by atoms with Crippen molar-refractivity contribution in [3.05, 3.63) is 46.2 Å². The molecule has 1 aromatic carbocycles. The van der Waals surface area contributed by atoms with E-state index in [-0.39, 0.29) is 0 Å². The summed E-state index contributed by atoms with van der Waals surface area (Å²) in [5, 5.41) is 11.6. The molecule has 0 radical (unpaired) electrons. The molecule has 0 unspecified atom stereocenters. The molecule has 4 heteroatoms. The number of thioether (sulfide) groups is 1. The van der Waals surface area contributed by atoms with Crippen LogP contribution >= 0.6 is 23.1 Å². The number of nitriles is 1. The van der Waals surface area contributed by atoms with Crippen molar-refractivity contribution in [1.29, 1.82) is 5.26 Å². The molecule has 0 aliphatic rings. The second-order valence-corrected chi connectivity index (χ2v) is 6.63. The summed E-state index contributed by atoms with van der Waals surface area (Å²) in [6.07, 6.45) is 0. The maximum Gasteiger partial charge on any atom is 0.103 e. The van der Waals surface area contributed by atoms with Gasteiger partial charge >= 0.3 is 0 Å². The highest BCUT2D eigenvalue weighted by Crippen LogP contribution is 2.31. The molecule has 0 amide bonds. The molecule has 0 saturated carbocycles. The lowest BCUT2D eigenvalue weighted by Crippen LogP contribution is -2.22. The zero-order chi connectivity index (χ0) is 14.4. The first-order valence-corrected chi connectivity index (χ1v) is 8.59. The summed E-state index contributed by atoms with van der Waals surface area (Å²) in [6.45, 7) is 6.01. The van der Waals surface area contributed by atoms with E-state index in [0.717, 1.165) is 35.0 Å². The average molecular weight is 302 g/mol. The minimum Gasteiger partial charge on any atom is -0.366 e. The molecule has 20 heavy (non-hydrogen) atoms. The standard InChI is InChI=1S/C16H18N2S2/c1-3-18(12-13-7-6-10-20-13)15-8-5-9-16(19-4-2)14(15)11-17/h5-10H,3-4,12H2,1-2H3. The molecule has 0 fully saturated rings. The third kappa shape index (κ3) is 3.36. The van der Waals surface area contributed by atoms with Gasteiger partial charge in [0, 0.05) is 16.3 Å². The van der Waals surface area contributed by atoms with Gasteiger partial charge in [0.25, 0.3) is 0 Å². The summed E-state index contributed by atoms with van der Waals surface area (Å²) >= 11 is 3.49. The van der Waals surface area contributed by atoms with Crippen molar-refractivity contribution in [3.63, 3.8) is 0 Å². The van der Waals surface area contributed by atoms with E-state index in [1.807, 2.05) is 12.1 Å². The summed E-state index contributed by atoms with van der Waals surface area (Å²) in [4.78, 5) is 4.67. The van der Waals surface area contributed by atoms with E-state index < -0.39 is 0 Å². The second-order valence-electron chi connectivity index (χ2n) is 4.29. The summed E-state index contributed by atoms with van der Waals surface area (Å²) in [7, 11) is 0. The first-order chi connectivity index (χ1) is 9.80. The van der Waals surface area contributed by atoms with Crippen LogP contribution in [0.5, 0.6) is 0 Å². The molecule has 1 aromatic heterocycles. The quantitative estimate of drug-likeness (QED) is 0.720. The van der Waals surface area contributed by atoms with Crippen LogP contribution in [0.1, 0.15) is 24.3 Å². The van der Waals surface area contributed by atoms with Crippen LogP contribution in [-0.2, 0) is 6.54 Å². The Bertz CT molecular complexity index is 585. The van der Waals surface area contributed by atoms with Crippen molar-refractivity contribution in [2.24, 2.45) is 0 Å². The van der Waals surface area contributed by atoms with Gasteiger partial charge in [0.05, 0.1) is 17.8 Å². The van der Waals surface area contributed by atoms with Crippen LogP contribution in [0.25, 0.3) is 0 Å². The summed E-state index contributed by atoms with van der Waals surface area (Å²) in [6, 6.07) is 12.7. The summed E-state index contributed by atoms with van der Waals surface area (Å²) in [5.74, 6) is 0.981. The van der Waals surface area contributed by atoms with Gasteiger partial charge in [-0.05, 0) is 36.3 Å². The normalized spacial score (nSPS) is 10.2. The first-order valence-electron chi connectivity index (χ1n) is 6.73. The SMILES string of the molecule is CCSc1cccc(N(CC)Cc2cccs2)c1C#N. The minimum absolute atomic E-state index is 0.803. The number of anilines is 1. The molecule has 0 N–H and O–H groups in total. The van der Waals surface area contributed by atoms with E-state index in [1.54, 1.807) is 23.1 Å². The third-order valence-corrected chi connectivity index (χ3v) is 4.87. The fraction of sp³-hybridized carbons (Fsp3) is 0.312. The largest absolute Gasteiger partial charge is 0.366 e. The number of nitrogens with zero attached hydrogens (tertiary/aromatic N) is 2. The molecule has 2 aromatic rings. The van der Waals surface area contributed by atoms with Crippen LogP contribution in [0.3, 0.4) is 0 Å². The van der Waals surface area contributed by atoms with E-state index >= 15 is 0 Å². The fourth-order valence-corrected chi connectivity index (χ4v) is 3.63. The summed E-state index contributed by atoms with van der Waals surface area (Å²) < 4.78 is 0. The van der Waals surface area contributed by atoms with Gasteiger partial charge in [0.15, 0.2) is 0 Å². The Balaban J connectivity index is 2.34. The van der Waals surface area contributed by atoms with E-state index in [2.05, 4.69) is 48.4 Å². The lowest BCUT2D eigenvalue weighted by Gasteiger charge is -2.24. The Morgan fingerprint density at radius 3 is 2.70 bits per heavy atom. The van der Waals surface area contributed by atoms with Crippen molar-refractivity contribution in [2.75, 3.05) is 17.2 Å². The maximum absolute atomic E-state index is 9.51. The lowest BCUT2D eigenvalue weighted by atomic mass is 10.1. The number of rotatable bonds is 6. The Kier molecular flexibility index (Phi) is 5.51. The zero-order valence-electron chi connectivity index (χ0n) is 11.8. The van der Waals surface area contributed by atoms with Crippen molar-refractivity contribution in [1.82, 2.24) is 0 Å². The van der Waals surface area contributed by atoms with Gasteiger partial charge in [-0.3, -0.25) is 0 Å². The smallest absolute Gasteiger partial charge is 0.103 e. The van der Waals surface area contributed by atoms with Crippen molar-refractivity contribution in [2.45, 2.75) is 25.3 Å². The topological polar surface area (TPSA) is 27.0 Å². The van der Waals surface area contributed by atoms with Crippen LogP contribution < -0.4 is 4.90 Å². The summed E-state index contributed by atoms with van der Waals surface area (Å²) in [5.41, 5.74) is 1.85. The van der Waals surface area contributed by atoms with Crippen LogP contribution in [0.15, 0.2) is 40.6 Å². The van der Waals surface area contributed by atoms with Gasteiger partial charge in [-0.15, -0.1) is 23.1 Å². The molecule has 0 aliphatic carbocycles. The van der Waals surface area contributed by atoms with Crippen molar-refractivity contribution in [3.8, 4) is 6.07 Å². The van der Waals surface area contributed by atoms with Crippen molar-refractivity contribution < 1.29 is 0 Å². The molecular formula is C16H18N2S2. The van der Waals surface area contributed by atoms with Gasteiger partial charge in [0.2, 0.25) is 0 Å². The minimum atomic E-state index is 0.803. The Hall–Kier alpha value is -1.44. The average Bonchev–Trinajstić information content (AvgIpc) is 2.98. The Morgan fingerprint density at radius 2 is 2.10 bits per heavy atom. The van der Waals surface area contributed by atoms with Gasteiger partial charge in [-0.1, -0.05) is 19.1 Å². The van der Waals surface area contributed by atoms with E-state index in [1.165, 1.54) is 4.88 Å². The molecule has 104 valence electrons. The molecule has 0 aliphatic heterocycles. The fourth-order valence-electron chi connectivity index (χ4n) is 2.13. The number of thiophene rings is 1. The predicted octanol–water partition coefficient (Wildman–Crippen LogP) is 4.76. The molecule has 1 heterocycles. The lowest BCUT2D eigenvalue weighted by molar-refractivity contribution is 0.838. The maximum atomic E-state index is 9.51. The van der Waals surface area contributed by atoms with E-state index in [9.17, 15) is 5.26 Å².